The van der Waals surface area contributed by atoms with Crippen LogP contribution in [0.5, 0.6) is 0 Å². The number of imide groups is 1. The Labute approximate surface area is 182 Å². The monoisotopic (exact) mass is 421 g/mol. The van der Waals surface area contributed by atoms with Gasteiger partial charge in [-0.3, -0.25) is 9.69 Å². The lowest BCUT2D eigenvalue weighted by Crippen LogP contribution is -2.48. The number of halogens is 1. The Hall–Kier alpha value is -3.15. The Bertz CT molecular complexity index is 1060. The maximum Gasteiger partial charge on any atom is 0.329 e. The summed E-state index contributed by atoms with van der Waals surface area (Å²) in [6.07, 6.45) is 2.78. The number of rotatable bonds is 4. The van der Waals surface area contributed by atoms with Gasteiger partial charge in [0.25, 0.3) is 5.91 Å². The Morgan fingerprint density at radius 3 is 2.55 bits per heavy atom. The lowest BCUT2D eigenvalue weighted by atomic mass is 9.79. The summed E-state index contributed by atoms with van der Waals surface area (Å²) in [5.41, 5.74) is 4.41. The van der Waals surface area contributed by atoms with Crippen molar-refractivity contribution in [2.45, 2.75) is 52.1 Å². The van der Waals surface area contributed by atoms with Gasteiger partial charge in [0.15, 0.2) is 0 Å². The fourth-order valence-corrected chi connectivity index (χ4v) is 4.85. The number of amides is 3. The molecule has 3 amide bonds. The first-order valence-electron chi connectivity index (χ1n) is 10.7. The highest BCUT2D eigenvalue weighted by Gasteiger charge is 2.36. The number of anilines is 1. The number of benzene rings is 2. The highest BCUT2D eigenvalue weighted by molar-refractivity contribution is 6.13. The number of nitrogens with one attached hydrogen (secondary N) is 1. The van der Waals surface area contributed by atoms with E-state index in [2.05, 4.69) is 50.0 Å². The van der Waals surface area contributed by atoms with Crippen molar-refractivity contribution in [2.75, 3.05) is 11.4 Å². The van der Waals surface area contributed by atoms with Gasteiger partial charge in [-0.25, -0.2) is 9.18 Å². The van der Waals surface area contributed by atoms with Gasteiger partial charge in [-0.15, -0.1) is 0 Å². The third kappa shape index (κ3) is 3.94. The Balaban J connectivity index is 1.59. The lowest BCUT2D eigenvalue weighted by molar-refractivity contribution is -0.123. The number of nitrogens with zero attached hydrogens (tertiary/aromatic N) is 2. The molecule has 2 aliphatic heterocycles. The van der Waals surface area contributed by atoms with E-state index >= 15 is 0 Å². The van der Waals surface area contributed by atoms with Crippen molar-refractivity contribution in [1.29, 1.82) is 0 Å². The van der Waals surface area contributed by atoms with Crippen LogP contribution in [-0.2, 0) is 11.3 Å². The first kappa shape index (κ1) is 21.1. The molecule has 0 bridgehead atoms. The number of hydrogen-bond acceptors (Lipinski definition) is 3. The molecule has 1 atom stereocenters. The zero-order valence-electron chi connectivity index (χ0n) is 18.4. The Kier molecular flexibility index (Phi) is 5.33. The third-order valence-corrected chi connectivity index (χ3v) is 6.25. The number of hydrogen-bond donors (Lipinski definition) is 1. The highest BCUT2D eigenvalue weighted by atomic mass is 19.1. The normalized spacial score (nSPS) is 21.5. The summed E-state index contributed by atoms with van der Waals surface area (Å²) in [6.45, 7) is 9.98. The molecule has 0 aliphatic carbocycles. The van der Waals surface area contributed by atoms with Crippen molar-refractivity contribution >= 4 is 23.7 Å². The van der Waals surface area contributed by atoms with Crippen molar-refractivity contribution in [3.63, 3.8) is 0 Å². The third-order valence-electron chi connectivity index (χ3n) is 6.25. The molecular weight excluding hydrogens is 393 g/mol. The first-order chi connectivity index (χ1) is 14.7. The van der Waals surface area contributed by atoms with Gasteiger partial charge in [0.05, 0.1) is 6.54 Å². The van der Waals surface area contributed by atoms with Gasteiger partial charge in [0.2, 0.25) is 0 Å². The second-order valence-electron chi connectivity index (χ2n) is 8.99. The topological polar surface area (TPSA) is 52.7 Å². The van der Waals surface area contributed by atoms with Gasteiger partial charge in [0.1, 0.15) is 11.5 Å². The second kappa shape index (κ2) is 7.84. The van der Waals surface area contributed by atoms with Gasteiger partial charge < -0.3 is 10.2 Å². The van der Waals surface area contributed by atoms with Crippen LogP contribution in [0.2, 0.25) is 0 Å². The van der Waals surface area contributed by atoms with Gasteiger partial charge in [-0.05, 0) is 80.1 Å². The summed E-state index contributed by atoms with van der Waals surface area (Å²) in [5.74, 6) is -0.334. The summed E-state index contributed by atoms with van der Waals surface area (Å²) in [5, 5.41) is 2.67. The largest absolute Gasteiger partial charge is 0.366 e. The number of carbonyl (C=O) groups is 2. The summed E-state index contributed by atoms with van der Waals surface area (Å²) < 4.78 is 13.1. The molecule has 31 heavy (non-hydrogen) atoms. The van der Waals surface area contributed by atoms with Crippen LogP contribution in [0.15, 0.2) is 48.2 Å². The van der Waals surface area contributed by atoms with Crippen molar-refractivity contribution in [3.05, 3.63) is 70.7 Å². The molecular formula is C25H28FN3O2. The van der Waals surface area contributed by atoms with Crippen LogP contribution < -0.4 is 10.2 Å². The maximum absolute atomic E-state index is 13.1. The smallest absolute Gasteiger partial charge is 0.329 e. The van der Waals surface area contributed by atoms with Gasteiger partial charge in [-0.2, -0.15) is 0 Å². The molecule has 6 heteroatoms. The van der Waals surface area contributed by atoms with E-state index in [4.69, 9.17) is 0 Å². The van der Waals surface area contributed by atoms with E-state index < -0.39 is 6.03 Å². The Morgan fingerprint density at radius 2 is 1.87 bits per heavy atom. The summed E-state index contributed by atoms with van der Waals surface area (Å²) in [4.78, 5) is 28.8. The molecule has 162 valence electrons. The minimum Gasteiger partial charge on any atom is -0.366 e. The van der Waals surface area contributed by atoms with Crippen LogP contribution >= 0.6 is 0 Å². The number of fused-ring (bicyclic) bond motifs is 1. The van der Waals surface area contributed by atoms with Crippen LogP contribution in [0.1, 0.15) is 56.7 Å². The molecule has 2 aromatic rings. The number of urea groups is 1. The molecule has 0 radical (unpaired) electrons. The molecule has 0 saturated carbocycles. The fraction of sp³-hybridized carbons (Fsp3) is 0.360. The van der Waals surface area contributed by atoms with Crippen LogP contribution in [0.3, 0.4) is 0 Å². The van der Waals surface area contributed by atoms with E-state index in [9.17, 15) is 14.0 Å². The number of carbonyl (C=O) groups excluding carboxylic acids is 2. The highest BCUT2D eigenvalue weighted by Crippen LogP contribution is 2.43. The molecule has 5 nitrogen and oxygen atoms in total. The molecule has 4 rings (SSSR count). The van der Waals surface area contributed by atoms with Gasteiger partial charge in [-0.1, -0.05) is 25.1 Å². The average Bonchev–Trinajstić information content (AvgIpc) is 2.97. The summed E-state index contributed by atoms with van der Waals surface area (Å²) in [7, 11) is 0. The van der Waals surface area contributed by atoms with Gasteiger partial charge >= 0.3 is 6.03 Å². The van der Waals surface area contributed by atoms with Crippen LogP contribution in [0.4, 0.5) is 14.9 Å². The molecule has 1 N–H and O–H groups in total. The molecule has 2 aromatic carbocycles. The van der Waals surface area contributed by atoms with Crippen molar-refractivity contribution in [2.24, 2.45) is 0 Å². The molecule has 2 aliphatic rings. The van der Waals surface area contributed by atoms with E-state index in [0.717, 1.165) is 23.4 Å². The maximum atomic E-state index is 13.1. The quantitative estimate of drug-likeness (QED) is 0.556. The molecule has 1 fully saturated rings. The Morgan fingerprint density at radius 1 is 1.16 bits per heavy atom. The minimum atomic E-state index is -0.467. The van der Waals surface area contributed by atoms with E-state index in [1.807, 2.05) is 6.07 Å². The zero-order chi connectivity index (χ0) is 22.3. The zero-order valence-corrected chi connectivity index (χ0v) is 18.4. The van der Waals surface area contributed by atoms with E-state index in [0.29, 0.717) is 11.5 Å². The second-order valence-corrected chi connectivity index (χ2v) is 8.99. The minimum absolute atomic E-state index is 0.0946. The predicted molar refractivity (Wildman–Crippen MR) is 120 cm³/mol. The van der Waals surface area contributed by atoms with Crippen molar-refractivity contribution in [3.8, 4) is 0 Å². The van der Waals surface area contributed by atoms with Crippen molar-refractivity contribution in [1.82, 2.24) is 10.2 Å². The fourth-order valence-electron chi connectivity index (χ4n) is 4.85. The molecule has 0 aromatic heterocycles. The van der Waals surface area contributed by atoms with Crippen LogP contribution in [-0.4, -0.2) is 28.9 Å². The van der Waals surface area contributed by atoms with Crippen LogP contribution in [0.25, 0.3) is 6.08 Å². The molecule has 2 heterocycles. The van der Waals surface area contributed by atoms with E-state index in [1.165, 1.54) is 23.4 Å². The molecule has 0 unspecified atom stereocenters. The van der Waals surface area contributed by atoms with E-state index in [-0.39, 0.29) is 29.5 Å². The van der Waals surface area contributed by atoms with Gasteiger partial charge in [0, 0.05) is 17.8 Å². The molecule has 0 spiro atoms. The SMILES string of the molecule is CCN1c2ccc(/C=C3\NC(=O)N(Cc4ccc(F)cc4)C3=O)cc2[C@H](C)CC1(C)C. The van der Waals surface area contributed by atoms with Crippen molar-refractivity contribution < 1.29 is 14.0 Å². The first-order valence-corrected chi connectivity index (χ1v) is 10.7. The van der Waals surface area contributed by atoms with Crippen LogP contribution in [0, 0.1) is 5.82 Å². The average molecular weight is 422 g/mol. The predicted octanol–water partition coefficient (Wildman–Crippen LogP) is 5.03. The lowest BCUT2D eigenvalue weighted by Gasteiger charge is -2.47. The standard InChI is InChI=1S/C25H28FN3O2/c1-5-29-22-11-8-18(12-20(22)16(2)14-25(29,3)4)13-21-23(30)28(24(31)27-21)15-17-6-9-19(26)10-7-17/h6-13,16H,5,14-15H2,1-4H3,(H,27,31)/b21-13-/t16-/m1/s1. The summed E-state index contributed by atoms with van der Waals surface area (Å²) >= 11 is 0. The van der Waals surface area contributed by atoms with E-state index in [1.54, 1.807) is 18.2 Å². The summed E-state index contributed by atoms with van der Waals surface area (Å²) in [6, 6.07) is 11.5. The molecule has 1 saturated heterocycles.